The van der Waals surface area contributed by atoms with Crippen molar-refractivity contribution in [3.05, 3.63) is 76.1 Å². The van der Waals surface area contributed by atoms with Crippen LogP contribution < -0.4 is 5.56 Å². The molecule has 0 aliphatic carbocycles. The van der Waals surface area contributed by atoms with E-state index in [1.54, 1.807) is 24.3 Å². The van der Waals surface area contributed by atoms with Gasteiger partial charge in [0.2, 0.25) is 10.0 Å². The van der Waals surface area contributed by atoms with Crippen molar-refractivity contribution in [2.75, 3.05) is 13.2 Å². The van der Waals surface area contributed by atoms with Gasteiger partial charge >= 0.3 is 0 Å². The Morgan fingerprint density at radius 1 is 1.08 bits per heavy atom. The Labute approximate surface area is 151 Å². The minimum absolute atomic E-state index is 0.0947. The summed E-state index contributed by atoms with van der Waals surface area (Å²) >= 11 is 0. The first-order chi connectivity index (χ1) is 12.4. The summed E-state index contributed by atoms with van der Waals surface area (Å²) in [6.07, 6.45) is 0. The molecule has 0 bridgehead atoms. The van der Waals surface area contributed by atoms with E-state index in [4.69, 9.17) is 0 Å². The standard InChI is InChI=1S/C19H20N2O4S/c1-14-6-5-7-15-12-16(19(23)20-18(14)15)13-21(10-11-22)26(24,25)17-8-3-2-4-9-17/h2-9,12,22H,10-11,13H2,1H3,(H,20,23). The number of aromatic nitrogens is 1. The lowest BCUT2D eigenvalue weighted by molar-refractivity contribution is 0.251. The van der Waals surface area contributed by atoms with Crippen LogP contribution in [0.15, 0.2) is 64.3 Å². The predicted octanol–water partition coefficient (Wildman–Crippen LogP) is 2.02. The molecule has 0 aliphatic rings. The lowest BCUT2D eigenvalue weighted by Crippen LogP contribution is -2.35. The van der Waals surface area contributed by atoms with Gasteiger partial charge in [-0.2, -0.15) is 4.31 Å². The summed E-state index contributed by atoms with van der Waals surface area (Å²) in [5.41, 5.74) is 1.67. The molecule has 0 spiro atoms. The molecule has 1 aromatic heterocycles. The fourth-order valence-corrected chi connectivity index (χ4v) is 4.30. The van der Waals surface area contributed by atoms with Crippen LogP contribution in [-0.2, 0) is 16.6 Å². The number of H-pyrrole nitrogens is 1. The zero-order valence-corrected chi connectivity index (χ0v) is 15.2. The summed E-state index contributed by atoms with van der Waals surface area (Å²) in [5.74, 6) is 0. The maximum Gasteiger partial charge on any atom is 0.252 e. The third-order valence-corrected chi connectivity index (χ3v) is 6.10. The fraction of sp³-hybridized carbons (Fsp3) is 0.211. The number of rotatable bonds is 6. The van der Waals surface area contributed by atoms with E-state index in [9.17, 15) is 18.3 Å². The summed E-state index contributed by atoms with van der Waals surface area (Å²) in [6, 6.07) is 15.3. The molecule has 1 heterocycles. The van der Waals surface area contributed by atoms with Crippen molar-refractivity contribution in [2.45, 2.75) is 18.4 Å². The Bertz CT molecular complexity index is 1080. The number of aryl methyl sites for hydroxylation is 1. The van der Waals surface area contributed by atoms with Gasteiger partial charge in [-0.15, -0.1) is 0 Å². The van der Waals surface area contributed by atoms with E-state index in [2.05, 4.69) is 4.98 Å². The highest BCUT2D eigenvalue weighted by Gasteiger charge is 2.25. The SMILES string of the molecule is Cc1cccc2cc(CN(CCO)S(=O)(=O)c3ccccc3)c(=O)[nH]c12. The Morgan fingerprint density at radius 2 is 1.81 bits per heavy atom. The largest absolute Gasteiger partial charge is 0.395 e. The van der Waals surface area contributed by atoms with E-state index in [-0.39, 0.29) is 30.2 Å². The van der Waals surface area contributed by atoms with E-state index < -0.39 is 10.0 Å². The molecule has 0 saturated heterocycles. The summed E-state index contributed by atoms with van der Waals surface area (Å²) in [4.78, 5) is 15.4. The van der Waals surface area contributed by atoms with Crippen molar-refractivity contribution >= 4 is 20.9 Å². The predicted molar refractivity (Wildman–Crippen MR) is 100 cm³/mol. The molecule has 0 unspecified atom stereocenters. The second-order valence-corrected chi connectivity index (χ2v) is 7.98. The van der Waals surface area contributed by atoms with Gasteiger partial charge in [-0.25, -0.2) is 8.42 Å². The number of aromatic amines is 1. The molecule has 136 valence electrons. The minimum atomic E-state index is -3.82. The number of nitrogens with zero attached hydrogens (tertiary/aromatic N) is 1. The van der Waals surface area contributed by atoms with Crippen molar-refractivity contribution in [3.8, 4) is 0 Å². The Morgan fingerprint density at radius 3 is 2.50 bits per heavy atom. The lowest BCUT2D eigenvalue weighted by atomic mass is 10.1. The van der Waals surface area contributed by atoms with Gasteiger partial charge in [0, 0.05) is 18.7 Å². The van der Waals surface area contributed by atoms with Crippen LogP contribution in [0.25, 0.3) is 10.9 Å². The number of aliphatic hydroxyl groups is 1. The summed E-state index contributed by atoms with van der Waals surface area (Å²) in [5, 5.41) is 10.1. The zero-order chi connectivity index (χ0) is 18.7. The number of pyridine rings is 1. The van der Waals surface area contributed by atoms with E-state index in [1.165, 1.54) is 12.1 Å². The molecule has 6 nitrogen and oxygen atoms in total. The van der Waals surface area contributed by atoms with E-state index in [0.717, 1.165) is 20.8 Å². The van der Waals surface area contributed by atoms with Crippen LogP contribution in [0, 0.1) is 6.92 Å². The van der Waals surface area contributed by atoms with Crippen molar-refractivity contribution in [1.82, 2.24) is 9.29 Å². The molecular formula is C19H20N2O4S. The number of nitrogens with one attached hydrogen (secondary N) is 1. The molecule has 0 saturated carbocycles. The number of hydrogen-bond acceptors (Lipinski definition) is 4. The second-order valence-electron chi connectivity index (χ2n) is 6.04. The van der Waals surface area contributed by atoms with Gasteiger partial charge in [0.15, 0.2) is 0 Å². The third-order valence-electron chi connectivity index (χ3n) is 4.24. The molecule has 0 aliphatic heterocycles. The maximum absolute atomic E-state index is 12.9. The highest BCUT2D eigenvalue weighted by Crippen LogP contribution is 2.19. The average molecular weight is 372 g/mol. The summed E-state index contributed by atoms with van der Waals surface area (Å²) in [7, 11) is -3.82. The highest BCUT2D eigenvalue weighted by molar-refractivity contribution is 7.89. The van der Waals surface area contributed by atoms with Crippen LogP contribution in [0.5, 0.6) is 0 Å². The summed E-state index contributed by atoms with van der Waals surface area (Å²) in [6.45, 7) is 1.35. The van der Waals surface area contributed by atoms with Crippen molar-refractivity contribution < 1.29 is 13.5 Å². The smallest absolute Gasteiger partial charge is 0.252 e. The van der Waals surface area contributed by atoms with E-state index in [1.807, 2.05) is 25.1 Å². The van der Waals surface area contributed by atoms with Crippen LogP contribution in [0.1, 0.15) is 11.1 Å². The first kappa shape index (κ1) is 18.3. The van der Waals surface area contributed by atoms with Crippen LogP contribution in [0.4, 0.5) is 0 Å². The Hall–Kier alpha value is -2.48. The average Bonchev–Trinajstić information content (AvgIpc) is 2.63. The van der Waals surface area contributed by atoms with Gasteiger partial charge in [0.05, 0.1) is 17.0 Å². The zero-order valence-electron chi connectivity index (χ0n) is 14.3. The summed E-state index contributed by atoms with van der Waals surface area (Å²) < 4.78 is 26.8. The van der Waals surface area contributed by atoms with Gasteiger partial charge in [-0.1, -0.05) is 36.4 Å². The molecule has 2 N–H and O–H groups in total. The van der Waals surface area contributed by atoms with E-state index in [0.29, 0.717) is 5.56 Å². The maximum atomic E-state index is 12.9. The molecule has 3 rings (SSSR count). The fourth-order valence-electron chi connectivity index (χ4n) is 2.87. The lowest BCUT2D eigenvalue weighted by Gasteiger charge is -2.21. The van der Waals surface area contributed by atoms with Gasteiger partial charge in [-0.05, 0) is 36.1 Å². The van der Waals surface area contributed by atoms with Crippen molar-refractivity contribution in [1.29, 1.82) is 0 Å². The molecule has 0 atom stereocenters. The molecule has 0 fully saturated rings. The molecule has 2 aromatic carbocycles. The molecule has 0 amide bonds. The molecule has 0 radical (unpaired) electrons. The Kier molecular flexibility index (Phi) is 5.22. The normalized spacial score (nSPS) is 12.0. The van der Waals surface area contributed by atoms with Gasteiger partial charge in [0.1, 0.15) is 0 Å². The number of sulfonamides is 1. The van der Waals surface area contributed by atoms with Crippen LogP contribution in [0.3, 0.4) is 0 Å². The van der Waals surface area contributed by atoms with Crippen LogP contribution in [0.2, 0.25) is 0 Å². The molecule has 26 heavy (non-hydrogen) atoms. The number of aliphatic hydroxyl groups excluding tert-OH is 1. The molecule has 7 heteroatoms. The number of para-hydroxylation sites is 1. The first-order valence-corrected chi connectivity index (χ1v) is 9.65. The van der Waals surface area contributed by atoms with Gasteiger partial charge < -0.3 is 10.1 Å². The second kappa shape index (κ2) is 7.41. The first-order valence-electron chi connectivity index (χ1n) is 8.21. The monoisotopic (exact) mass is 372 g/mol. The van der Waals surface area contributed by atoms with Gasteiger partial charge in [0.25, 0.3) is 5.56 Å². The van der Waals surface area contributed by atoms with E-state index >= 15 is 0 Å². The Balaban J connectivity index is 2.03. The number of fused-ring (bicyclic) bond motifs is 1. The number of benzene rings is 2. The highest BCUT2D eigenvalue weighted by atomic mass is 32.2. The van der Waals surface area contributed by atoms with Crippen LogP contribution >= 0.6 is 0 Å². The molecule has 3 aromatic rings. The van der Waals surface area contributed by atoms with Crippen LogP contribution in [-0.4, -0.2) is 36.0 Å². The minimum Gasteiger partial charge on any atom is -0.395 e. The topological polar surface area (TPSA) is 90.5 Å². The molecular weight excluding hydrogens is 352 g/mol. The van der Waals surface area contributed by atoms with Gasteiger partial charge in [-0.3, -0.25) is 4.79 Å². The van der Waals surface area contributed by atoms with Crippen molar-refractivity contribution in [3.63, 3.8) is 0 Å². The third kappa shape index (κ3) is 3.55. The quantitative estimate of drug-likeness (QED) is 0.693. The van der Waals surface area contributed by atoms with Crippen molar-refractivity contribution in [2.24, 2.45) is 0 Å². The number of hydrogen-bond donors (Lipinski definition) is 2.